The quantitative estimate of drug-likeness (QED) is 0.212. The lowest BCUT2D eigenvalue weighted by Gasteiger charge is -2.24. The molecule has 0 bridgehead atoms. The van der Waals surface area contributed by atoms with Gasteiger partial charge in [0.25, 0.3) is 0 Å². The number of esters is 1. The predicted molar refractivity (Wildman–Crippen MR) is 135 cm³/mol. The second kappa shape index (κ2) is 15.2. The van der Waals surface area contributed by atoms with Crippen molar-refractivity contribution in [1.82, 2.24) is 10.6 Å². The van der Waals surface area contributed by atoms with Crippen LogP contribution < -0.4 is 15.5 Å². The topological polar surface area (TPSA) is 87.7 Å². The van der Waals surface area contributed by atoms with Crippen molar-refractivity contribution in [3.8, 4) is 0 Å². The third kappa shape index (κ3) is 9.38. The molecule has 0 aliphatic heterocycles. The minimum Gasteiger partial charge on any atom is -0.464 e. The number of carbonyl (C=O) groups is 3. The third-order valence-electron chi connectivity index (χ3n) is 5.25. The average Bonchev–Trinajstić information content (AvgIpc) is 2.85. The summed E-state index contributed by atoms with van der Waals surface area (Å²) in [4.78, 5) is 38.8. The van der Waals surface area contributed by atoms with E-state index in [1.54, 1.807) is 6.92 Å². The monoisotopic (exact) mass is 525 g/mol. The molecule has 35 heavy (non-hydrogen) atoms. The first-order chi connectivity index (χ1) is 16.9. The summed E-state index contributed by atoms with van der Waals surface area (Å²) in [7, 11) is 0. The first-order valence-corrected chi connectivity index (χ1v) is 12.4. The summed E-state index contributed by atoms with van der Waals surface area (Å²) in [5.74, 6) is -0.681. The summed E-state index contributed by atoms with van der Waals surface area (Å²) in [6.45, 7) is 3.05. The van der Waals surface area contributed by atoms with Gasteiger partial charge in [0.05, 0.1) is 6.61 Å². The van der Waals surface area contributed by atoms with Crippen molar-refractivity contribution in [1.29, 1.82) is 0 Å². The molecule has 0 saturated heterocycles. The first kappa shape index (κ1) is 28.4. The molecule has 0 aromatic heterocycles. The van der Waals surface area contributed by atoms with Gasteiger partial charge in [0, 0.05) is 43.4 Å². The van der Waals surface area contributed by atoms with E-state index in [0.29, 0.717) is 36.8 Å². The molecule has 7 nitrogen and oxygen atoms in total. The molecule has 0 fully saturated rings. The van der Waals surface area contributed by atoms with Gasteiger partial charge in [0.15, 0.2) is 0 Å². The zero-order valence-corrected chi connectivity index (χ0v) is 21.0. The molecule has 2 aromatic carbocycles. The van der Waals surface area contributed by atoms with Crippen molar-refractivity contribution < 1.29 is 23.5 Å². The Hall–Kier alpha value is -2.84. The number of nitrogens with zero attached hydrogens (tertiary/aromatic N) is 1. The largest absolute Gasteiger partial charge is 0.464 e. The van der Waals surface area contributed by atoms with Gasteiger partial charge in [-0.25, -0.2) is 9.18 Å². The van der Waals surface area contributed by atoms with Crippen LogP contribution in [0.15, 0.2) is 48.5 Å². The van der Waals surface area contributed by atoms with Crippen LogP contribution in [0.25, 0.3) is 0 Å². The molecule has 2 aromatic rings. The second-order valence-corrected chi connectivity index (χ2v) is 8.48. The number of ether oxygens (including phenoxy) is 1. The van der Waals surface area contributed by atoms with E-state index in [0.717, 1.165) is 11.3 Å². The Balaban J connectivity index is 2.20. The number of amides is 2. The van der Waals surface area contributed by atoms with Crippen LogP contribution in [0.3, 0.4) is 0 Å². The molecule has 0 spiro atoms. The number of halogens is 3. The zero-order valence-electron chi connectivity index (χ0n) is 19.5. The molecule has 190 valence electrons. The van der Waals surface area contributed by atoms with Gasteiger partial charge in [-0.05, 0) is 42.3 Å². The number of benzene rings is 2. The van der Waals surface area contributed by atoms with Crippen LogP contribution in [0.2, 0.25) is 0 Å². The van der Waals surface area contributed by atoms with Crippen molar-refractivity contribution in [2.24, 2.45) is 0 Å². The van der Waals surface area contributed by atoms with Crippen LogP contribution in [0.1, 0.15) is 18.1 Å². The van der Waals surface area contributed by atoms with E-state index in [2.05, 4.69) is 10.6 Å². The zero-order chi connectivity index (χ0) is 25.6. The van der Waals surface area contributed by atoms with E-state index in [1.165, 1.54) is 24.3 Å². The number of hydrogen-bond acceptors (Lipinski definition) is 5. The number of hydrogen-bond donors (Lipinski definition) is 2. The number of carbonyl (C=O) groups excluding carboxylic acids is 3. The minimum absolute atomic E-state index is 0.127. The average molecular weight is 526 g/mol. The Kier molecular flexibility index (Phi) is 12.3. The van der Waals surface area contributed by atoms with Gasteiger partial charge in [0.1, 0.15) is 17.9 Å². The van der Waals surface area contributed by atoms with E-state index in [9.17, 15) is 18.8 Å². The number of nitrogens with one attached hydrogen (secondary N) is 2. The van der Waals surface area contributed by atoms with E-state index in [-0.39, 0.29) is 19.4 Å². The summed E-state index contributed by atoms with van der Waals surface area (Å²) < 4.78 is 18.4. The number of rotatable bonds is 15. The fourth-order valence-electron chi connectivity index (χ4n) is 3.56. The van der Waals surface area contributed by atoms with Crippen molar-refractivity contribution in [2.75, 3.05) is 36.4 Å². The molecule has 2 atom stereocenters. The lowest BCUT2D eigenvalue weighted by atomic mass is 10.0. The third-order valence-corrected chi connectivity index (χ3v) is 5.59. The van der Waals surface area contributed by atoms with Crippen LogP contribution in [0, 0.1) is 5.82 Å². The summed E-state index contributed by atoms with van der Waals surface area (Å²) >= 11 is 11.8. The standard InChI is InChI=1S/C25H30Cl2FN3O4/c1-2-35-25(34)23(16-19-4-3-5-21(14-19)31(12-10-26)13-11-27)30-24(33)22(29-17-32)15-18-6-8-20(28)9-7-18/h3-9,14,17,22-23H,2,10-13,15-16H2,1H3,(H,29,32)(H,30,33)/t22-,23-/m0/s1. The minimum atomic E-state index is -0.976. The van der Waals surface area contributed by atoms with Gasteiger partial charge < -0.3 is 20.3 Å². The fourth-order valence-corrected chi connectivity index (χ4v) is 3.97. The van der Waals surface area contributed by atoms with Gasteiger partial charge >= 0.3 is 5.97 Å². The van der Waals surface area contributed by atoms with Gasteiger partial charge in [-0.1, -0.05) is 24.3 Å². The predicted octanol–water partition coefficient (Wildman–Crippen LogP) is 3.06. The van der Waals surface area contributed by atoms with Gasteiger partial charge in [-0.3, -0.25) is 9.59 Å². The normalized spacial score (nSPS) is 12.3. The molecule has 0 aliphatic rings. The molecule has 10 heteroatoms. The summed E-state index contributed by atoms with van der Waals surface area (Å²) in [5.41, 5.74) is 2.35. The molecular weight excluding hydrogens is 496 g/mol. The molecule has 0 radical (unpaired) electrons. The summed E-state index contributed by atoms with van der Waals surface area (Å²) in [6, 6.07) is 11.2. The van der Waals surface area contributed by atoms with E-state index in [1.807, 2.05) is 29.2 Å². The highest BCUT2D eigenvalue weighted by Crippen LogP contribution is 2.18. The first-order valence-electron chi connectivity index (χ1n) is 11.3. The van der Waals surface area contributed by atoms with Gasteiger partial charge in [0.2, 0.25) is 12.3 Å². The molecule has 0 saturated carbocycles. The summed E-state index contributed by atoms with van der Waals surface area (Å²) in [5, 5.41) is 5.17. The smallest absolute Gasteiger partial charge is 0.328 e. The lowest BCUT2D eigenvalue weighted by Crippen LogP contribution is -2.52. The molecular formula is C25H30Cl2FN3O4. The lowest BCUT2D eigenvalue weighted by molar-refractivity contribution is -0.147. The molecule has 2 amide bonds. The van der Waals surface area contributed by atoms with Crippen molar-refractivity contribution >= 4 is 47.2 Å². The Morgan fingerprint density at radius 2 is 1.69 bits per heavy atom. The number of anilines is 1. The number of alkyl halides is 2. The van der Waals surface area contributed by atoms with Crippen LogP contribution in [-0.4, -0.2) is 61.8 Å². The van der Waals surface area contributed by atoms with Crippen LogP contribution >= 0.6 is 23.2 Å². The molecule has 2 rings (SSSR count). The molecule has 0 aliphatic carbocycles. The maximum atomic E-state index is 13.2. The summed E-state index contributed by atoms with van der Waals surface area (Å²) in [6.07, 6.45) is 0.721. The Morgan fingerprint density at radius 3 is 2.29 bits per heavy atom. The van der Waals surface area contributed by atoms with Crippen molar-refractivity contribution in [2.45, 2.75) is 31.8 Å². The van der Waals surface area contributed by atoms with E-state index >= 15 is 0 Å². The van der Waals surface area contributed by atoms with Crippen LogP contribution in [-0.2, 0) is 32.0 Å². The van der Waals surface area contributed by atoms with Gasteiger partial charge in [-0.15, -0.1) is 23.2 Å². The van der Waals surface area contributed by atoms with Gasteiger partial charge in [-0.2, -0.15) is 0 Å². The van der Waals surface area contributed by atoms with Crippen LogP contribution in [0.4, 0.5) is 10.1 Å². The van der Waals surface area contributed by atoms with Crippen molar-refractivity contribution in [3.05, 3.63) is 65.5 Å². The van der Waals surface area contributed by atoms with Crippen LogP contribution in [0.5, 0.6) is 0 Å². The highest BCUT2D eigenvalue weighted by molar-refractivity contribution is 6.18. The highest BCUT2D eigenvalue weighted by atomic mass is 35.5. The maximum absolute atomic E-state index is 13.2. The fraction of sp³-hybridized carbons (Fsp3) is 0.400. The SMILES string of the molecule is CCOC(=O)[C@H](Cc1cccc(N(CCCl)CCCl)c1)NC(=O)[C@H](Cc1ccc(F)cc1)NC=O. The molecule has 0 heterocycles. The highest BCUT2D eigenvalue weighted by Gasteiger charge is 2.27. The van der Waals surface area contributed by atoms with Crippen molar-refractivity contribution in [3.63, 3.8) is 0 Å². The van der Waals surface area contributed by atoms with E-state index < -0.39 is 29.8 Å². The Labute approximate surface area is 214 Å². The molecule has 0 unspecified atom stereocenters. The Bertz CT molecular complexity index is 956. The molecule has 2 N–H and O–H groups in total. The second-order valence-electron chi connectivity index (χ2n) is 7.72. The maximum Gasteiger partial charge on any atom is 0.328 e. The van der Waals surface area contributed by atoms with E-state index in [4.69, 9.17) is 27.9 Å². The Morgan fingerprint density at radius 1 is 1.03 bits per heavy atom.